The van der Waals surface area contributed by atoms with Gasteiger partial charge >= 0.3 is 0 Å². The first-order chi connectivity index (χ1) is 4.20. The average Bonchev–Trinajstić information content (AvgIpc) is 1.87. The monoisotopic (exact) mass is 136 g/mol. The van der Waals surface area contributed by atoms with Gasteiger partial charge in [0.15, 0.2) is 0 Å². The summed E-state index contributed by atoms with van der Waals surface area (Å²) in [5.41, 5.74) is 0. The maximum atomic E-state index is 8.16. The van der Waals surface area contributed by atoms with Gasteiger partial charge < -0.3 is 0 Å². The van der Waals surface area contributed by atoms with Crippen molar-refractivity contribution in [3.8, 4) is 12.1 Å². The molecular formula is C6H4N2S. The van der Waals surface area contributed by atoms with Crippen molar-refractivity contribution in [2.75, 3.05) is 0 Å². The van der Waals surface area contributed by atoms with Crippen molar-refractivity contribution in [3.63, 3.8) is 0 Å². The van der Waals surface area contributed by atoms with Gasteiger partial charge in [0.1, 0.15) is 12.1 Å². The molecule has 0 rings (SSSR count). The molecule has 0 unspecified atom stereocenters. The first kappa shape index (κ1) is 7.81. The van der Waals surface area contributed by atoms with Crippen molar-refractivity contribution in [2.45, 2.75) is 0 Å². The van der Waals surface area contributed by atoms with Crippen LogP contribution >= 0.6 is 11.8 Å². The van der Waals surface area contributed by atoms with Crippen LogP contribution in [0.1, 0.15) is 0 Å². The van der Waals surface area contributed by atoms with E-state index in [1.165, 1.54) is 0 Å². The Morgan fingerprint density at radius 1 is 1.11 bits per heavy atom. The minimum atomic E-state index is 0.293. The van der Waals surface area contributed by atoms with E-state index in [9.17, 15) is 0 Å². The van der Waals surface area contributed by atoms with E-state index in [1.807, 2.05) is 0 Å². The topological polar surface area (TPSA) is 47.6 Å². The molecule has 0 fully saturated rings. The number of allylic oxidation sites excluding steroid dienone is 2. The Labute approximate surface area is 58.1 Å². The molecule has 0 aliphatic heterocycles. The summed E-state index contributed by atoms with van der Waals surface area (Å²) in [4.78, 5) is 0.586. The molecule has 0 saturated carbocycles. The maximum Gasteiger partial charge on any atom is 0.106 e. The van der Waals surface area contributed by atoms with Gasteiger partial charge in [0.05, 0.1) is 9.81 Å². The predicted molar refractivity (Wildman–Crippen MR) is 37.1 cm³/mol. The van der Waals surface area contributed by atoms with E-state index in [4.69, 9.17) is 10.5 Å². The lowest BCUT2D eigenvalue weighted by Gasteiger charge is -1.87. The van der Waals surface area contributed by atoms with Gasteiger partial charge in [0.2, 0.25) is 0 Å². The van der Waals surface area contributed by atoms with Crippen LogP contribution in [0.3, 0.4) is 0 Å². The highest BCUT2D eigenvalue weighted by molar-refractivity contribution is 8.07. The van der Waals surface area contributed by atoms with Crippen LogP contribution in [0.4, 0.5) is 0 Å². The fourth-order valence-electron chi connectivity index (χ4n) is 0.194. The first-order valence-electron chi connectivity index (χ1n) is 2.06. The van der Waals surface area contributed by atoms with Crippen molar-refractivity contribution in [2.24, 2.45) is 0 Å². The summed E-state index contributed by atoms with van der Waals surface area (Å²) in [6.45, 7) is 6.70. The zero-order chi connectivity index (χ0) is 7.28. The molecular weight excluding hydrogens is 132 g/mol. The van der Waals surface area contributed by atoms with Crippen LogP contribution in [0.2, 0.25) is 0 Å². The third kappa shape index (κ3) is 3.40. The summed E-state index contributed by atoms with van der Waals surface area (Å²) in [5.74, 6) is 0. The molecule has 9 heavy (non-hydrogen) atoms. The highest BCUT2D eigenvalue weighted by Crippen LogP contribution is 2.19. The third-order valence-corrected chi connectivity index (χ3v) is 1.17. The number of hydrogen-bond acceptors (Lipinski definition) is 3. The molecule has 0 aliphatic rings. The Kier molecular flexibility index (Phi) is 3.27. The van der Waals surface area contributed by atoms with Gasteiger partial charge in [-0.25, -0.2) is 0 Å². The molecule has 0 spiro atoms. The number of hydrogen-bond donors (Lipinski definition) is 0. The van der Waals surface area contributed by atoms with E-state index in [-0.39, 0.29) is 0 Å². The van der Waals surface area contributed by atoms with E-state index in [0.717, 1.165) is 11.8 Å². The highest BCUT2D eigenvalue weighted by atomic mass is 32.2. The molecule has 3 heteroatoms. The van der Waals surface area contributed by atoms with Crippen LogP contribution in [-0.4, -0.2) is 0 Å². The molecule has 0 aliphatic carbocycles. The van der Waals surface area contributed by atoms with E-state index in [2.05, 4.69) is 13.2 Å². The Morgan fingerprint density at radius 3 is 1.67 bits per heavy atom. The largest absolute Gasteiger partial charge is 0.192 e. The van der Waals surface area contributed by atoms with Crippen LogP contribution in [0, 0.1) is 22.7 Å². The summed E-state index contributed by atoms with van der Waals surface area (Å²) < 4.78 is 0. The summed E-state index contributed by atoms with van der Waals surface area (Å²) >= 11 is 0.988. The van der Waals surface area contributed by atoms with Crippen LogP contribution in [0.15, 0.2) is 23.0 Å². The SMILES string of the molecule is C=C(C#N)SC(=C)C#N. The van der Waals surface area contributed by atoms with Crippen molar-refractivity contribution in [3.05, 3.63) is 23.0 Å². The Balaban J connectivity index is 3.82. The molecule has 0 N–H and O–H groups in total. The van der Waals surface area contributed by atoms with Gasteiger partial charge in [0.25, 0.3) is 0 Å². The predicted octanol–water partition coefficient (Wildman–Crippen LogP) is 1.79. The third-order valence-electron chi connectivity index (χ3n) is 0.496. The standard InChI is InChI=1S/C6H4N2S/c1-5(3-7)9-6(2)4-8/h1-2H2. The van der Waals surface area contributed by atoms with Gasteiger partial charge in [-0.1, -0.05) is 24.9 Å². The van der Waals surface area contributed by atoms with Gasteiger partial charge in [0, 0.05) is 0 Å². The second-order valence-corrected chi connectivity index (χ2v) is 2.36. The quantitative estimate of drug-likeness (QED) is 0.544. The second kappa shape index (κ2) is 3.77. The number of nitrogens with zero attached hydrogens (tertiary/aromatic N) is 2. The van der Waals surface area contributed by atoms with E-state index in [0.29, 0.717) is 9.81 Å². The lowest BCUT2D eigenvalue weighted by atomic mass is 10.7. The van der Waals surface area contributed by atoms with Crippen LogP contribution in [-0.2, 0) is 0 Å². The zero-order valence-electron chi connectivity index (χ0n) is 4.72. The van der Waals surface area contributed by atoms with Gasteiger partial charge in [-0.05, 0) is 0 Å². The molecule has 0 amide bonds. The Hall–Kier alpha value is -1.19. The lowest BCUT2D eigenvalue weighted by molar-refractivity contribution is 1.52. The lowest BCUT2D eigenvalue weighted by Crippen LogP contribution is -1.66. The molecule has 0 bridgehead atoms. The maximum absolute atomic E-state index is 8.16. The van der Waals surface area contributed by atoms with Gasteiger partial charge in [-0.3, -0.25) is 0 Å². The molecule has 2 nitrogen and oxygen atoms in total. The molecule has 0 radical (unpaired) electrons. The van der Waals surface area contributed by atoms with Crippen molar-refractivity contribution >= 4 is 11.8 Å². The Bertz CT molecular complexity index is 192. The molecule has 0 atom stereocenters. The smallest absolute Gasteiger partial charge is 0.106 e. The molecule has 0 saturated heterocycles. The zero-order valence-corrected chi connectivity index (χ0v) is 5.53. The molecule has 0 heterocycles. The van der Waals surface area contributed by atoms with Crippen LogP contribution in [0.25, 0.3) is 0 Å². The van der Waals surface area contributed by atoms with E-state index >= 15 is 0 Å². The van der Waals surface area contributed by atoms with Crippen molar-refractivity contribution in [1.82, 2.24) is 0 Å². The number of rotatable bonds is 2. The van der Waals surface area contributed by atoms with E-state index < -0.39 is 0 Å². The normalized spacial score (nSPS) is 6.89. The van der Waals surface area contributed by atoms with Crippen LogP contribution in [0.5, 0.6) is 0 Å². The molecule has 0 aromatic rings. The minimum absolute atomic E-state index is 0.293. The molecule has 44 valence electrons. The summed E-state index contributed by atoms with van der Waals surface area (Å²) in [7, 11) is 0. The summed E-state index contributed by atoms with van der Waals surface area (Å²) in [6.07, 6.45) is 0. The van der Waals surface area contributed by atoms with Crippen molar-refractivity contribution in [1.29, 1.82) is 10.5 Å². The average molecular weight is 136 g/mol. The molecule has 0 aromatic heterocycles. The fourth-order valence-corrected chi connectivity index (χ4v) is 0.583. The van der Waals surface area contributed by atoms with Crippen molar-refractivity contribution < 1.29 is 0 Å². The number of nitriles is 2. The minimum Gasteiger partial charge on any atom is -0.192 e. The van der Waals surface area contributed by atoms with Gasteiger partial charge in [-0.2, -0.15) is 10.5 Å². The van der Waals surface area contributed by atoms with Crippen LogP contribution < -0.4 is 0 Å². The number of thioether (sulfide) groups is 1. The Morgan fingerprint density at radius 2 is 1.44 bits per heavy atom. The summed E-state index contributed by atoms with van der Waals surface area (Å²) in [5, 5.41) is 16.3. The fraction of sp³-hybridized carbons (Fsp3) is 0. The summed E-state index contributed by atoms with van der Waals surface area (Å²) in [6, 6.07) is 3.57. The van der Waals surface area contributed by atoms with E-state index in [1.54, 1.807) is 12.1 Å². The second-order valence-electron chi connectivity index (χ2n) is 1.17. The molecule has 0 aromatic carbocycles. The highest BCUT2D eigenvalue weighted by Gasteiger charge is 1.94. The first-order valence-corrected chi connectivity index (χ1v) is 2.88. The van der Waals surface area contributed by atoms with Gasteiger partial charge in [-0.15, -0.1) is 0 Å².